The van der Waals surface area contributed by atoms with Crippen LogP contribution in [0.3, 0.4) is 0 Å². The van der Waals surface area contributed by atoms with Crippen LogP contribution in [0.2, 0.25) is 0 Å². The van der Waals surface area contributed by atoms with E-state index in [0.717, 1.165) is 10.3 Å². The SMILES string of the molecule is CC(O)CNc1ncnc2scnc12. The lowest BCUT2D eigenvalue weighted by Crippen LogP contribution is -2.16. The molecule has 6 heteroatoms. The molecule has 5 nitrogen and oxygen atoms in total. The maximum absolute atomic E-state index is 9.11. The van der Waals surface area contributed by atoms with Crippen molar-refractivity contribution in [3.8, 4) is 0 Å². The standard InChI is InChI=1S/C8H10N4OS/c1-5(13)2-9-7-6-8(11-3-10-7)14-4-12-6/h3-5,13H,2H2,1H3,(H,9,10,11). The normalized spacial score (nSPS) is 13.0. The Bertz CT molecular complexity index is 428. The fourth-order valence-electron chi connectivity index (χ4n) is 1.07. The predicted molar refractivity (Wildman–Crippen MR) is 55.4 cm³/mol. The average Bonchev–Trinajstić information content (AvgIpc) is 2.62. The van der Waals surface area contributed by atoms with Crippen LogP contribution in [0.1, 0.15) is 6.92 Å². The highest BCUT2D eigenvalue weighted by Gasteiger charge is 2.05. The van der Waals surface area contributed by atoms with E-state index in [0.29, 0.717) is 12.4 Å². The predicted octanol–water partition coefficient (Wildman–Crippen LogP) is 0.879. The van der Waals surface area contributed by atoms with Crippen LogP contribution in [-0.2, 0) is 0 Å². The van der Waals surface area contributed by atoms with Crippen molar-refractivity contribution in [3.05, 3.63) is 11.8 Å². The smallest absolute Gasteiger partial charge is 0.157 e. The summed E-state index contributed by atoms with van der Waals surface area (Å²) in [6.07, 6.45) is 1.09. The number of aliphatic hydroxyl groups excluding tert-OH is 1. The second kappa shape index (κ2) is 3.85. The molecule has 0 spiro atoms. The number of thiazole rings is 1. The number of nitrogens with one attached hydrogen (secondary N) is 1. The van der Waals surface area contributed by atoms with Gasteiger partial charge in [0.2, 0.25) is 0 Å². The van der Waals surface area contributed by atoms with Gasteiger partial charge in [0.1, 0.15) is 16.7 Å². The van der Waals surface area contributed by atoms with Crippen LogP contribution in [0.5, 0.6) is 0 Å². The summed E-state index contributed by atoms with van der Waals surface area (Å²) in [5, 5.41) is 12.1. The molecule has 0 aliphatic heterocycles. The Morgan fingerprint density at radius 1 is 1.50 bits per heavy atom. The van der Waals surface area contributed by atoms with Crippen LogP contribution < -0.4 is 5.32 Å². The number of rotatable bonds is 3. The number of aromatic nitrogens is 3. The summed E-state index contributed by atoms with van der Waals surface area (Å²) in [5.74, 6) is 0.678. The minimum absolute atomic E-state index is 0.404. The second-order valence-corrected chi connectivity index (χ2v) is 3.79. The van der Waals surface area contributed by atoms with Crippen molar-refractivity contribution < 1.29 is 5.11 Å². The molecule has 0 saturated carbocycles. The molecule has 2 N–H and O–H groups in total. The average molecular weight is 210 g/mol. The highest BCUT2D eigenvalue weighted by Crippen LogP contribution is 2.20. The molecule has 1 unspecified atom stereocenters. The molecule has 0 amide bonds. The minimum atomic E-state index is -0.404. The van der Waals surface area contributed by atoms with Crippen LogP contribution in [0, 0.1) is 0 Å². The number of aliphatic hydroxyl groups is 1. The summed E-state index contributed by atoms with van der Waals surface area (Å²) in [6, 6.07) is 0. The molecule has 0 aliphatic carbocycles. The summed E-state index contributed by atoms with van der Waals surface area (Å²) in [4.78, 5) is 13.1. The van der Waals surface area contributed by atoms with Gasteiger partial charge in [0.25, 0.3) is 0 Å². The van der Waals surface area contributed by atoms with E-state index in [2.05, 4.69) is 20.3 Å². The number of hydrogen-bond donors (Lipinski definition) is 2. The maximum atomic E-state index is 9.11. The first kappa shape index (κ1) is 9.29. The third-order valence-electron chi connectivity index (χ3n) is 1.70. The number of anilines is 1. The van der Waals surface area contributed by atoms with E-state index >= 15 is 0 Å². The third kappa shape index (κ3) is 1.80. The molecule has 14 heavy (non-hydrogen) atoms. The van der Waals surface area contributed by atoms with Gasteiger partial charge < -0.3 is 10.4 Å². The van der Waals surface area contributed by atoms with Crippen molar-refractivity contribution in [2.24, 2.45) is 0 Å². The first-order valence-electron chi connectivity index (χ1n) is 4.23. The lowest BCUT2D eigenvalue weighted by atomic mass is 10.4. The first-order chi connectivity index (χ1) is 6.77. The van der Waals surface area contributed by atoms with E-state index in [9.17, 15) is 0 Å². The molecule has 0 saturated heterocycles. The number of nitrogens with zero attached hydrogens (tertiary/aromatic N) is 3. The molecule has 0 fully saturated rings. The van der Waals surface area contributed by atoms with Crippen LogP contribution in [0.25, 0.3) is 10.3 Å². The quantitative estimate of drug-likeness (QED) is 0.787. The van der Waals surface area contributed by atoms with Gasteiger partial charge >= 0.3 is 0 Å². The van der Waals surface area contributed by atoms with E-state index in [1.165, 1.54) is 17.7 Å². The van der Waals surface area contributed by atoms with E-state index < -0.39 is 6.10 Å². The van der Waals surface area contributed by atoms with Gasteiger partial charge in [-0.3, -0.25) is 0 Å². The molecule has 2 rings (SSSR count). The Kier molecular flexibility index (Phi) is 2.55. The molecule has 0 aliphatic rings. The van der Waals surface area contributed by atoms with Gasteiger partial charge in [-0.05, 0) is 6.92 Å². The van der Waals surface area contributed by atoms with E-state index in [1.807, 2.05) is 0 Å². The van der Waals surface area contributed by atoms with Gasteiger partial charge in [-0.2, -0.15) is 0 Å². The lowest BCUT2D eigenvalue weighted by molar-refractivity contribution is 0.208. The largest absolute Gasteiger partial charge is 0.392 e. The molecule has 74 valence electrons. The monoisotopic (exact) mass is 210 g/mol. The van der Waals surface area contributed by atoms with Crippen molar-refractivity contribution in [2.45, 2.75) is 13.0 Å². The Morgan fingerprint density at radius 3 is 3.14 bits per heavy atom. The summed E-state index contributed by atoms with van der Waals surface area (Å²) in [5.41, 5.74) is 2.49. The van der Waals surface area contributed by atoms with Gasteiger partial charge in [-0.25, -0.2) is 15.0 Å². The first-order valence-corrected chi connectivity index (χ1v) is 5.11. The zero-order chi connectivity index (χ0) is 9.97. The summed E-state index contributed by atoms with van der Waals surface area (Å²) < 4.78 is 0. The van der Waals surface area contributed by atoms with Crippen LogP contribution in [0.4, 0.5) is 5.82 Å². The highest BCUT2D eigenvalue weighted by molar-refractivity contribution is 7.16. The van der Waals surface area contributed by atoms with Crippen molar-refractivity contribution in [3.63, 3.8) is 0 Å². The fraction of sp³-hybridized carbons (Fsp3) is 0.375. The molecule has 2 aromatic rings. The van der Waals surface area contributed by atoms with E-state index in [4.69, 9.17) is 5.11 Å². The van der Waals surface area contributed by atoms with E-state index in [-0.39, 0.29) is 0 Å². The Morgan fingerprint density at radius 2 is 2.36 bits per heavy atom. The molecule has 0 radical (unpaired) electrons. The third-order valence-corrected chi connectivity index (χ3v) is 2.43. The Labute approximate surface area is 84.9 Å². The number of hydrogen-bond acceptors (Lipinski definition) is 6. The molecule has 2 aromatic heterocycles. The van der Waals surface area contributed by atoms with Crippen LogP contribution in [-0.4, -0.2) is 32.7 Å². The second-order valence-electron chi connectivity index (χ2n) is 2.96. The minimum Gasteiger partial charge on any atom is -0.392 e. The Hall–Kier alpha value is -1.27. The van der Waals surface area contributed by atoms with Crippen molar-refractivity contribution in [1.82, 2.24) is 15.0 Å². The summed E-state index contributed by atoms with van der Waals surface area (Å²) >= 11 is 1.47. The van der Waals surface area contributed by atoms with Crippen molar-refractivity contribution >= 4 is 27.5 Å². The molecular weight excluding hydrogens is 200 g/mol. The fourth-order valence-corrected chi connectivity index (χ4v) is 1.69. The van der Waals surface area contributed by atoms with Gasteiger partial charge in [0.15, 0.2) is 5.82 Å². The van der Waals surface area contributed by atoms with Gasteiger partial charge in [0, 0.05) is 6.54 Å². The lowest BCUT2D eigenvalue weighted by Gasteiger charge is -2.06. The molecule has 2 heterocycles. The van der Waals surface area contributed by atoms with Crippen LogP contribution >= 0.6 is 11.3 Å². The zero-order valence-electron chi connectivity index (χ0n) is 7.64. The van der Waals surface area contributed by atoms with Crippen LogP contribution in [0.15, 0.2) is 11.8 Å². The zero-order valence-corrected chi connectivity index (χ0v) is 8.45. The summed E-state index contributed by atoms with van der Waals surface area (Å²) in [6.45, 7) is 2.18. The van der Waals surface area contributed by atoms with Gasteiger partial charge in [0.05, 0.1) is 11.6 Å². The Balaban J connectivity index is 2.27. The van der Waals surface area contributed by atoms with E-state index in [1.54, 1.807) is 12.4 Å². The highest BCUT2D eigenvalue weighted by atomic mass is 32.1. The molecular formula is C8H10N4OS. The topological polar surface area (TPSA) is 70.9 Å². The summed E-state index contributed by atoms with van der Waals surface area (Å²) in [7, 11) is 0. The van der Waals surface area contributed by atoms with Crippen molar-refractivity contribution in [1.29, 1.82) is 0 Å². The maximum Gasteiger partial charge on any atom is 0.157 e. The molecule has 1 atom stereocenters. The molecule has 0 bridgehead atoms. The number of fused-ring (bicyclic) bond motifs is 1. The van der Waals surface area contributed by atoms with Gasteiger partial charge in [-0.1, -0.05) is 0 Å². The molecule has 0 aromatic carbocycles. The van der Waals surface area contributed by atoms with Gasteiger partial charge in [-0.15, -0.1) is 11.3 Å². The van der Waals surface area contributed by atoms with Crippen molar-refractivity contribution in [2.75, 3.05) is 11.9 Å².